The minimum atomic E-state index is -0.499. The van der Waals surface area contributed by atoms with Crippen LogP contribution < -0.4 is 0 Å². The van der Waals surface area contributed by atoms with Crippen LogP contribution in [0.3, 0.4) is 0 Å². The highest BCUT2D eigenvalue weighted by molar-refractivity contribution is 7.99. The number of methoxy groups -OCH3 is 2. The molecule has 0 atom stereocenters. The Morgan fingerprint density at radius 2 is 1.71 bits per heavy atom. The zero-order valence-corrected chi connectivity index (χ0v) is 9.64. The Balaban J connectivity index is 2.48. The fraction of sp³-hybridized carbons (Fsp3) is 0.455. The summed E-state index contributed by atoms with van der Waals surface area (Å²) >= 11 is 1.73. The van der Waals surface area contributed by atoms with E-state index in [0.717, 1.165) is 5.75 Å². The van der Waals surface area contributed by atoms with Crippen LogP contribution in [-0.2, 0) is 9.47 Å². The van der Waals surface area contributed by atoms with Gasteiger partial charge in [-0.1, -0.05) is 18.2 Å². The van der Waals surface area contributed by atoms with E-state index < -0.39 is 5.79 Å². The number of benzene rings is 1. The summed E-state index contributed by atoms with van der Waals surface area (Å²) in [5.74, 6) is 0.282. The summed E-state index contributed by atoms with van der Waals surface area (Å²) in [5, 5.41) is 0. The Bertz CT molecular complexity index is 257. The lowest BCUT2D eigenvalue weighted by Crippen LogP contribution is -2.32. The molecule has 0 saturated carbocycles. The molecule has 3 heteroatoms. The van der Waals surface area contributed by atoms with Crippen molar-refractivity contribution in [1.82, 2.24) is 0 Å². The van der Waals surface area contributed by atoms with Gasteiger partial charge in [-0.05, 0) is 19.1 Å². The van der Waals surface area contributed by atoms with Crippen LogP contribution in [0.25, 0.3) is 0 Å². The molecule has 0 aliphatic heterocycles. The van der Waals surface area contributed by atoms with Crippen molar-refractivity contribution in [1.29, 1.82) is 0 Å². The SMILES string of the molecule is COC(C)(CSc1ccccc1)OC. The molecule has 0 radical (unpaired) electrons. The maximum atomic E-state index is 5.27. The van der Waals surface area contributed by atoms with Gasteiger partial charge in [0.2, 0.25) is 0 Å². The standard InChI is InChI=1S/C11H16O2S/c1-11(12-2,13-3)9-14-10-7-5-4-6-8-10/h4-8H,9H2,1-3H3. The second-order valence-electron chi connectivity index (χ2n) is 3.14. The molecule has 0 heterocycles. The molecule has 0 fully saturated rings. The molecule has 0 spiro atoms. The average Bonchev–Trinajstić information content (AvgIpc) is 2.27. The van der Waals surface area contributed by atoms with Crippen LogP contribution in [0, 0.1) is 0 Å². The van der Waals surface area contributed by atoms with Gasteiger partial charge in [-0.15, -0.1) is 11.8 Å². The van der Waals surface area contributed by atoms with Gasteiger partial charge in [0.05, 0.1) is 5.75 Å². The van der Waals surface area contributed by atoms with Crippen molar-refractivity contribution >= 4 is 11.8 Å². The van der Waals surface area contributed by atoms with Crippen LogP contribution in [0.4, 0.5) is 0 Å². The lowest BCUT2D eigenvalue weighted by molar-refractivity contribution is -0.175. The first-order valence-corrected chi connectivity index (χ1v) is 5.47. The number of hydrogen-bond donors (Lipinski definition) is 0. The van der Waals surface area contributed by atoms with Crippen molar-refractivity contribution in [2.45, 2.75) is 17.6 Å². The molecular formula is C11H16O2S. The molecule has 1 aromatic rings. The van der Waals surface area contributed by atoms with Gasteiger partial charge < -0.3 is 9.47 Å². The Morgan fingerprint density at radius 3 is 2.21 bits per heavy atom. The zero-order chi connectivity index (χ0) is 10.4. The first-order valence-electron chi connectivity index (χ1n) is 4.48. The van der Waals surface area contributed by atoms with Gasteiger partial charge in [0.15, 0.2) is 5.79 Å². The molecule has 1 aromatic carbocycles. The average molecular weight is 212 g/mol. The van der Waals surface area contributed by atoms with Crippen LogP contribution in [-0.4, -0.2) is 25.8 Å². The summed E-state index contributed by atoms with van der Waals surface area (Å²) in [6.07, 6.45) is 0. The third-order valence-electron chi connectivity index (χ3n) is 2.11. The second-order valence-corrected chi connectivity index (χ2v) is 4.19. The Morgan fingerprint density at radius 1 is 1.14 bits per heavy atom. The van der Waals surface area contributed by atoms with Crippen molar-refractivity contribution < 1.29 is 9.47 Å². The van der Waals surface area contributed by atoms with Crippen LogP contribution in [0.2, 0.25) is 0 Å². The van der Waals surface area contributed by atoms with Crippen molar-refractivity contribution in [2.24, 2.45) is 0 Å². The topological polar surface area (TPSA) is 18.5 Å². The van der Waals surface area contributed by atoms with E-state index >= 15 is 0 Å². The molecule has 0 unspecified atom stereocenters. The van der Waals surface area contributed by atoms with E-state index in [9.17, 15) is 0 Å². The number of rotatable bonds is 5. The minimum Gasteiger partial charge on any atom is -0.353 e. The molecule has 0 N–H and O–H groups in total. The predicted molar refractivity (Wildman–Crippen MR) is 59.6 cm³/mol. The van der Waals surface area contributed by atoms with Crippen LogP contribution in [0.1, 0.15) is 6.92 Å². The van der Waals surface area contributed by atoms with E-state index in [1.54, 1.807) is 26.0 Å². The van der Waals surface area contributed by atoms with Crippen molar-refractivity contribution in [2.75, 3.05) is 20.0 Å². The summed E-state index contributed by atoms with van der Waals surface area (Å²) in [6.45, 7) is 1.93. The third-order valence-corrected chi connectivity index (χ3v) is 3.38. The van der Waals surface area contributed by atoms with E-state index in [0.29, 0.717) is 0 Å². The summed E-state index contributed by atoms with van der Waals surface area (Å²) in [5.41, 5.74) is 0. The molecule has 2 nitrogen and oxygen atoms in total. The highest BCUT2D eigenvalue weighted by Crippen LogP contribution is 2.24. The zero-order valence-electron chi connectivity index (χ0n) is 8.82. The molecule has 0 saturated heterocycles. The van der Waals surface area contributed by atoms with Crippen LogP contribution >= 0.6 is 11.8 Å². The van der Waals surface area contributed by atoms with E-state index in [1.165, 1.54) is 4.90 Å². The molecule has 0 aliphatic carbocycles. The largest absolute Gasteiger partial charge is 0.353 e. The van der Waals surface area contributed by atoms with E-state index in [2.05, 4.69) is 12.1 Å². The first-order chi connectivity index (χ1) is 6.70. The number of hydrogen-bond acceptors (Lipinski definition) is 3. The first kappa shape index (κ1) is 11.6. The van der Waals surface area contributed by atoms with Gasteiger partial charge in [0.1, 0.15) is 0 Å². The summed E-state index contributed by atoms with van der Waals surface area (Å²) in [6, 6.07) is 10.2. The van der Waals surface area contributed by atoms with Gasteiger partial charge in [0, 0.05) is 19.1 Å². The fourth-order valence-corrected chi connectivity index (χ4v) is 1.95. The number of ether oxygens (including phenoxy) is 2. The van der Waals surface area contributed by atoms with Crippen molar-refractivity contribution in [3.8, 4) is 0 Å². The lowest BCUT2D eigenvalue weighted by atomic mass is 10.4. The molecule has 78 valence electrons. The molecular weight excluding hydrogens is 196 g/mol. The normalized spacial score (nSPS) is 11.6. The predicted octanol–water partition coefficient (Wildman–Crippen LogP) is 2.79. The van der Waals surface area contributed by atoms with Crippen molar-refractivity contribution in [3.63, 3.8) is 0 Å². The Labute approximate surface area is 89.6 Å². The van der Waals surface area contributed by atoms with Gasteiger partial charge in [-0.3, -0.25) is 0 Å². The Kier molecular flexibility index (Phi) is 4.45. The molecule has 0 amide bonds. The molecule has 14 heavy (non-hydrogen) atoms. The highest BCUT2D eigenvalue weighted by atomic mass is 32.2. The van der Waals surface area contributed by atoms with Crippen LogP contribution in [0.5, 0.6) is 0 Å². The van der Waals surface area contributed by atoms with Gasteiger partial charge in [0.25, 0.3) is 0 Å². The smallest absolute Gasteiger partial charge is 0.174 e. The maximum Gasteiger partial charge on any atom is 0.174 e. The fourth-order valence-electron chi connectivity index (χ4n) is 0.932. The maximum absolute atomic E-state index is 5.27. The number of thioether (sulfide) groups is 1. The summed E-state index contributed by atoms with van der Waals surface area (Å²) in [7, 11) is 3.32. The lowest BCUT2D eigenvalue weighted by Gasteiger charge is -2.25. The highest BCUT2D eigenvalue weighted by Gasteiger charge is 2.22. The molecule has 1 rings (SSSR count). The monoisotopic (exact) mass is 212 g/mol. The van der Waals surface area contributed by atoms with Crippen LogP contribution in [0.15, 0.2) is 35.2 Å². The quantitative estimate of drug-likeness (QED) is 0.552. The van der Waals surface area contributed by atoms with E-state index in [4.69, 9.17) is 9.47 Å². The van der Waals surface area contributed by atoms with Gasteiger partial charge in [-0.25, -0.2) is 0 Å². The second kappa shape index (κ2) is 5.39. The van der Waals surface area contributed by atoms with E-state index in [-0.39, 0.29) is 0 Å². The minimum absolute atomic E-state index is 0.499. The summed E-state index contributed by atoms with van der Waals surface area (Å²) in [4.78, 5) is 1.23. The van der Waals surface area contributed by atoms with Gasteiger partial charge in [-0.2, -0.15) is 0 Å². The molecule has 0 aliphatic rings. The van der Waals surface area contributed by atoms with E-state index in [1.807, 2.05) is 25.1 Å². The summed E-state index contributed by atoms with van der Waals surface area (Å²) < 4.78 is 10.5. The Hall–Kier alpha value is -0.510. The molecule has 0 aromatic heterocycles. The van der Waals surface area contributed by atoms with Crippen molar-refractivity contribution in [3.05, 3.63) is 30.3 Å². The molecule has 0 bridgehead atoms. The third kappa shape index (κ3) is 3.33. The van der Waals surface area contributed by atoms with Gasteiger partial charge >= 0.3 is 0 Å².